The van der Waals surface area contributed by atoms with Gasteiger partial charge < -0.3 is 15.0 Å². The molecule has 2 aromatic rings. The monoisotopic (exact) mass is 421 g/mol. The van der Waals surface area contributed by atoms with Crippen molar-refractivity contribution >= 4 is 27.1 Å². The van der Waals surface area contributed by atoms with Crippen LogP contribution in [0.25, 0.3) is 0 Å². The number of nitro benzene ring substituents is 1. The second-order valence-corrected chi connectivity index (χ2v) is 8.48. The zero-order valence-corrected chi connectivity index (χ0v) is 16.8. The molecule has 1 aliphatic rings. The largest absolute Gasteiger partial charge is 0.379 e. The van der Waals surface area contributed by atoms with Gasteiger partial charge in [-0.05, 0) is 24.3 Å². The van der Waals surface area contributed by atoms with Gasteiger partial charge in [0, 0.05) is 24.7 Å². The molecule has 1 heterocycles. The van der Waals surface area contributed by atoms with E-state index in [4.69, 9.17) is 4.74 Å². The SMILES string of the molecule is O=[N+]([O-])c1cc(S(=O)(=O)Nc2ccccc2)ccc1NCCC[NH+]1CCOCC1. The van der Waals surface area contributed by atoms with Crippen LogP contribution in [0.4, 0.5) is 17.1 Å². The number of quaternary nitrogens is 1. The molecule has 3 N–H and O–H groups in total. The molecule has 156 valence electrons. The Labute approximate surface area is 169 Å². The lowest BCUT2D eigenvalue weighted by Crippen LogP contribution is -3.14. The molecule has 2 aromatic carbocycles. The number of para-hydroxylation sites is 1. The second kappa shape index (κ2) is 9.68. The van der Waals surface area contributed by atoms with Crippen molar-refractivity contribution in [3.8, 4) is 0 Å². The average molecular weight is 421 g/mol. The van der Waals surface area contributed by atoms with Crippen LogP contribution in [0.3, 0.4) is 0 Å². The zero-order chi connectivity index (χ0) is 20.7. The highest BCUT2D eigenvalue weighted by Gasteiger charge is 2.21. The van der Waals surface area contributed by atoms with Gasteiger partial charge in [-0.1, -0.05) is 18.2 Å². The van der Waals surface area contributed by atoms with Crippen LogP contribution >= 0.6 is 0 Å². The first kappa shape index (κ1) is 21.0. The van der Waals surface area contributed by atoms with Crippen molar-refractivity contribution in [2.24, 2.45) is 0 Å². The van der Waals surface area contributed by atoms with Gasteiger partial charge in [0.2, 0.25) is 0 Å². The van der Waals surface area contributed by atoms with E-state index in [0.717, 1.165) is 45.3 Å². The van der Waals surface area contributed by atoms with Gasteiger partial charge in [0.15, 0.2) is 0 Å². The second-order valence-electron chi connectivity index (χ2n) is 6.80. The molecule has 0 aromatic heterocycles. The van der Waals surface area contributed by atoms with E-state index in [9.17, 15) is 18.5 Å². The van der Waals surface area contributed by atoms with Gasteiger partial charge in [0.25, 0.3) is 15.7 Å². The number of anilines is 2. The number of nitrogens with one attached hydrogen (secondary N) is 3. The van der Waals surface area contributed by atoms with Crippen LogP contribution < -0.4 is 14.9 Å². The van der Waals surface area contributed by atoms with Crippen molar-refractivity contribution < 1.29 is 23.0 Å². The predicted octanol–water partition coefficient (Wildman–Crippen LogP) is 1.11. The van der Waals surface area contributed by atoms with Crippen LogP contribution in [-0.2, 0) is 14.8 Å². The molecule has 9 nitrogen and oxygen atoms in total. The van der Waals surface area contributed by atoms with Gasteiger partial charge in [0.1, 0.15) is 18.8 Å². The Morgan fingerprint density at radius 1 is 1.10 bits per heavy atom. The highest BCUT2D eigenvalue weighted by Crippen LogP contribution is 2.28. The molecule has 0 radical (unpaired) electrons. The smallest absolute Gasteiger partial charge is 0.293 e. The maximum Gasteiger partial charge on any atom is 0.293 e. The van der Waals surface area contributed by atoms with Crippen LogP contribution in [0, 0.1) is 10.1 Å². The molecule has 0 unspecified atom stereocenters. The predicted molar refractivity (Wildman–Crippen MR) is 110 cm³/mol. The summed E-state index contributed by atoms with van der Waals surface area (Å²) in [4.78, 5) is 12.2. The summed E-state index contributed by atoms with van der Waals surface area (Å²) in [5.41, 5.74) is 0.438. The van der Waals surface area contributed by atoms with Crippen molar-refractivity contribution in [3.63, 3.8) is 0 Å². The first-order valence-electron chi connectivity index (χ1n) is 9.47. The molecule has 10 heteroatoms. The van der Waals surface area contributed by atoms with E-state index in [0.29, 0.717) is 17.9 Å². The maximum atomic E-state index is 12.6. The fourth-order valence-electron chi connectivity index (χ4n) is 3.17. The number of hydrogen-bond acceptors (Lipinski definition) is 6. The Morgan fingerprint density at radius 2 is 1.83 bits per heavy atom. The number of ether oxygens (including phenoxy) is 1. The minimum atomic E-state index is -3.92. The first-order valence-corrected chi connectivity index (χ1v) is 11.0. The van der Waals surface area contributed by atoms with Crippen LogP contribution in [0.2, 0.25) is 0 Å². The minimum absolute atomic E-state index is 0.156. The van der Waals surface area contributed by atoms with Gasteiger partial charge in [-0.2, -0.15) is 0 Å². The molecule has 1 saturated heterocycles. The number of rotatable bonds is 9. The van der Waals surface area contributed by atoms with E-state index in [1.807, 2.05) is 0 Å². The van der Waals surface area contributed by atoms with E-state index in [-0.39, 0.29) is 10.6 Å². The Morgan fingerprint density at radius 3 is 2.52 bits per heavy atom. The van der Waals surface area contributed by atoms with Crippen molar-refractivity contribution in [1.82, 2.24) is 0 Å². The third-order valence-electron chi connectivity index (χ3n) is 4.72. The number of sulfonamides is 1. The van der Waals surface area contributed by atoms with Crippen LogP contribution in [0.1, 0.15) is 6.42 Å². The molecular weight excluding hydrogens is 396 g/mol. The molecule has 0 atom stereocenters. The van der Waals surface area contributed by atoms with Gasteiger partial charge in [0.05, 0.1) is 29.6 Å². The van der Waals surface area contributed by atoms with Crippen molar-refractivity contribution in [3.05, 3.63) is 58.6 Å². The number of nitrogens with zero attached hydrogens (tertiary/aromatic N) is 1. The van der Waals surface area contributed by atoms with E-state index in [1.54, 1.807) is 30.3 Å². The molecule has 0 bridgehead atoms. The molecule has 29 heavy (non-hydrogen) atoms. The van der Waals surface area contributed by atoms with Gasteiger partial charge in [-0.25, -0.2) is 8.42 Å². The first-order chi connectivity index (χ1) is 14.0. The van der Waals surface area contributed by atoms with E-state index < -0.39 is 14.9 Å². The molecule has 0 aliphatic carbocycles. The third kappa shape index (κ3) is 5.89. The van der Waals surface area contributed by atoms with Gasteiger partial charge in [-0.3, -0.25) is 14.8 Å². The van der Waals surface area contributed by atoms with Crippen molar-refractivity contribution in [2.75, 3.05) is 49.4 Å². The van der Waals surface area contributed by atoms with E-state index in [1.165, 1.54) is 17.0 Å². The highest BCUT2D eigenvalue weighted by molar-refractivity contribution is 7.92. The van der Waals surface area contributed by atoms with Crippen LogP contribution in [-0.4, -0.2) is 52.7 Å². The lowest BCUT2D eigenvalue weighted by Gasteiger charge is -2.23. The molecule has 0 amide bonds. The molecule has 1 fully saturated rings. The number of benzene rings is 2. The molecule has 1 aliphatic heterocycles. The topological polar surface area (TPSA) is 115 Å². The highest BCUT2D eigenvalue weighted by atomic mass is 32.2. The Hall–Kier alpha value is -2.69. The minimum Gasteiger partial charge on any atom is -0.379 e. The van der Waals surface area contributed by atoms with Crippen LogP contribution in [0.15, 0.2) is 53.4 Å². The molecule has 3 rings (SSSR count). The fraction of sp³-hybridized carbons (Fsp3) is 0.368. The standard InChI is InChI=1S/C19H24N4O5S/c24-23(25)19-15-17(29(26,27)21-16-5-2-1-3-6-16)7-8-18(19)20-9-4-10-22-11-13-28-14-12-22/h1-3,5-8,15,20-21H,4,9-14H2/p+1. The average Bonchev–Trinajstić information content (AvgIpc) is 2.72. The summed E-state index contributed by atoms with van der Waals surface area (Å²) < 4.78 is 32.9. The molecule has 0 spiro atoms. The summed E-state index contributed by atoms with van der Waals surface area (Å²) >= 11 is 0. The normalized spacial score (nSPS) is 15.0. The summed E-state index contributed by atoms with van der Waals surface area (Å²) in [6, 6.07) is 12.3. The summed E-state index contributed by atoms with van der Waals surface area (Å²) in [6.45, 7) is 5.00. The Kier molecular flexibility index (Phi) is 7.02. The maximum absolute atomic E-state index is 12.6. The summed E-state index contributed by atoms with van der Waals surface area (Å²) in [7, 11) is -3.92. The van der Waals surface area contributed by atoms with Crippen molar-refractivity contribution in [1.29, 1.82) is 0 Å². The van der Waals surface area contributed by atoms with Gasteiger partial charge in [-0.15, -0.1) is 0 Å². The quantitative estimate of drug-likeness (QED) is 0.317. The van der Waals surface area contributed by atoms with Gasteiger partial charge >= 0.3 is 0 Å². The number of morpholine rings is 1. The van der Waals surface area contributed by atoms with Crippen molar-refractivity contribution in [2.45, 2.75) is 11.3 Å². The molecular formula is C19H25N4O5S+. The van der Waals surface area contributed by atoms with Crippen LogP contribution in [0.5, 0.6) is 0 Å². The number of hydrogen-bond donors (Lipinski definition) is 3. The Bertz CT molecular complexity index is 931. The summed E-state index contributed by atoms with van der Waals surface area (Å²) in [5.74, 6) is 0. The Balaban J connectivity index is 1.65. The number of nitro groups is 1. The third-order valence-corrected chi connectivity index (χ3v) is 6.10. The fourth-order valence-corrected chi connectivity index (χ4v) is 4.25. The zero-order valence-electron chi connectivity index (χ0n) is 16.0. The summed E-state index contributed by atoms with van der Waals surface area (Å²) in [6.07, 6.45) is 0.849. The molecule has 0 saturated carbocycles. The summed E-state index contributed by atoms with van der Waals surface area (Å²) in [5, 5.41) is 14.5. The van der Waals surface area contributed by atoms with E-state index >= 15 is 0 Å². The lowest BCUT2D eigenvalue weighted by atomic mass is 10.2. The lowest BCUT2D eigenvalue weighted by molar-refractivity contribution is -0.908. The van der Waals surface area contributed by atoms with E-state index in [2.05, 4.69) is 10.0 Å².